The van der Waals surface area contributed by atoms with E-state index in [1.807, 2.05) is 53.7 Å². The lowest BCUT2D eigenvalue weighted by Crippen LogP contribution is -2.33. The van der Waals surface area contributed by atoms with E-state index in [4.69, 9.17) is 4.74 Å². The molecule has 1 aromatic rings. The molecule has 0 N–H and O–H groups in total. The van der Waals surface area contributed by atoms with E-state index in [1.165, 1.54) is 38.9 Å². The van der Waals surface area contributed by atoms with Gasteiger partial charge in [-0.15, -0.1) is 0 Å². The van der Waals surface area contributed by atoms with E-state index in [0.29, 0.717) is 11.8 Å². The molecular weight excluding hydrogens is 624 g/mol. The van der Waals surface area contributed by atoms with Crippen LogP contribution in [-0.2, 0) is 55.8 Å². The van der Waals surface area contributed by atoms with Gasteiger partial charge in [-0.25, -0.2) is 0 Å². The Bertz CT molecular complexity index is 1250. The number of Topliss-reactive ketones (excluding diaryl/α,β-unsaturated/α-hetero) is 3. The fourth-order valence-corrected chi connectivity index (χ4v) is 6.79. The molecule has 2 saturated carbocycles. The van der Waals surface area contributed by atoms with Gasteiger partial charge in [-0.05, 0) is 67.4 Å². The molecule has 0 saturated heterocycles. The number of ether oxygens (including phenoxy) is 3. The van der Waals surface area contributed by atoms with Gasteiger partial charge < -0.3 is 14.2 Å². The van der Waals surface area contributed by atoms with Crippen molar-refractivity contribution in [3.05, 3.63) is 35.4 Å². The Balaban J connectivity index is 0.000000261. The number of esters is 3. The van der Waals surface area contributed by atoms with Crippen LogP contribution in [0.15, 0.2) is 24.3 Å². The van der Waals surface area contributed by atoms with Gasteiger partial charge in [0, 0.05) is 35.5 Å². The molecule has 3 atom stereocenters. The summed E-state index contributed by atoms with van der Waals surface area (Å²) in [5.74, 6) is 0.403. The molecule has 0 amide bonds. The number of ketones is 3. The molecule has 0 radical (unpaired) electrons. The molecule has 4 rings (SSSR count). The summed E-state index contributed by atoms with van der Waals surface area (Å²) in [6, 6.07) is 8.29. The highest BCUT2D eigenvalue weighted by atomic mass is 16.5. The molecule has 3 unspecified atom stereocenters. The summed E-state index contributed by atoms with van der Waals surface area (Å²) < 4.78 is 14.0. The number of rotatable bonds is 15. The SMILES string of the molecule is COC(=O)CC(C(=O)C(C)C)C1CC1.COC(=O)CC(C(=O)C(C)C)C1CCC1.COC(=O)CC(C(=O)C(C)C)C1Cc2ccccc2C1. The summed E-state index contributed by atoms with van der Waals surface area (Å²) in [6.07, 6.45) is 8.02. The second kappa shape index (κ2) is 20.3. The van der Waals surface area contributed by atoms with Crippen LogP contribution in [0, 0.1) is 53.3 Å². The zero-order valence-electron chi connectivity index (χ0n) is 31.3. The molecule has 2 fully saturated rings. The molecule has 0 aromatic heterocycles. The first kappa shape index (κ1) is 41.8. The average Bonchev–Trinajstić information content (AvgIpc) is 3.81. The molecule has 0 bridgehead atoms. The van der Waals surface area contributed by atoms with Crippen molar-refractivity contribution in [2.24, 2.45) is 53.3 Å². The predicted molar refractivity (Wildman–Crippen MR) is 187 cm³/mol. The highest BCUT2D eigenvalue weighted by molar-refractivity contribution is 5.88. The van der Waals surface area contributed by atoms with Crippen molar-refractivity contribution < 1.29 is 43.0 Å². The highest BCUT2D eigenvalue weighted by Crippen LogP contribution is 2.40. The van der Waals surface area contributed by atoms with E-state index in [-0.39, 0.29) is 95.9 Å². The van der Waals surface area contributed by atoms with Crippen molar-refractivity contribution in [1.82, 2.24) is 0 Å². The Morgan fingerprint density at radius 2 is 0.837 bits per heavy atom. The Morgan fingerprint density at radius 1 is 0.531 bits per heavy atom. The van der Waals surface area contributed by atoms with Crippen molar-refractivity contribution in [3.63, 3.8) is 0 Å². The largest absolute Gasteiger partial charge is 0.469 e. The van der Waals surface area contributed by atoms with Gasteiger partial charge in [0.2, 0.25) is 0 Å². The zero-order chi connectivity index (χ0) is 36.8. The van der Waals surface area contributed by atoms with E-state index < -0.39 is 0 Å². The minimum Gasteiger partial charge on any atom is -0.469 e. The van der Waals surface area contributed by atoms with Gasteiger partial charge in [-0.2, -0.15) is 0 Å². The number of carbonyl (C=O) groups is 6. The van der Waals surface area contributed by atoms with Crippen LogP contribution in [0.1, 0.15) is 104 Å². The van der Waals surface area contributed by atoms with Gasteiger partial charge in [-0.3, -0.25) is 28.8 Å². The lowest BCUT2D eigenvalue weighted by Gasteiger charge is -2.33. The van der Waals surface area contributed by atoms with Crippen LogP contribution in [0.3, 0.4) is 0 Å². The summed E-state index contributed by atoms with van der Waals surface area (Å²) in [6.45, 7) is 11.4. The number of hydrogen-bond donors (Lipinski definition) is 0. The average molecular weight is 685 g/mol. The lowest BCUT2D eigenvalue weighted by atomic mass is 9.71. The molecular formula is C40H60O9. The normalized spacial score (nSPS) is 17.3. The Labute approximate surface area is 293 Å². The predicted octanol–water partition coefficient (Wildman–Crippen LogP) is 6.80. The van der Waals surface area contributed by atoms with E-state index in [0.717, 1.165) is 38.5 Å². The van der Waals surface area contributed by atoms with Gasteiger partial charge in [0.25, 0.3) is 0 Å². The fourth-order valence-electron chi connectivity index (χ4n) is 6.79. The summed E-state index contributed by atoms with van der Waals surface area (Å²) in [4.78, 5) is 70.0. The molecule has 9 heteroatoms. The summed E-state index contributed by atoms with van der Waals surface area (Å²) in [5, 5.41) is 0. The van der Waals surface area contributed by atoms with Crippen molar-refractivity contribution in [3.8, 4) is 0 Å². The van der Waals surface area contributed by atoms with E-state index in [9.17, 15) is 28.8 Å². The number of hydrogen-bond acceptors (Lipinski definition) is 9. The van der Waals surface area contributed by atoms with Crippen molar-refractivity contribution in [2.75, 3.05) is 21.3 Å². The number of benzene rings is 1. The first-order chi connectivity index (χ1) is 23.1. The molecule has 49 heavy (non-hydrogen) atoms. The number of carbonyl (C=O) groups excluding carboxylic acids is 6. The minimum atomic E-state index is -0.292. The monoisotopic (exact) mass is 684 g/mol. The molecule has 0 heterocycles. The summed E-state index contributed by atoms with van der Waals surface area (Å²) in [5.41, 5.74) is 2.62. The third-order valence-electron chi connectivity index (χ3n) is 10.2. The molecule has 1 aromatic carbocycles. The highest BCUT2D eigenvalue weighted by Gasteiger charge is 2.39. The Hall–Kier alpha value is -3.36. The maximum Gasteiger partial charge on any atom is 0.306 e. The van der Waals surface area contributed by atoms with Crippen LogP contribution in [0.25, 0.3) is 0 Å². The fraction of sp³-hybridized carbons (Fsp3) is 0.700. The first-order valence-corrected chi connectivity index (χ1v) is 18.0. The van der Waals surface area contributed by atoms with E-state index in [2.05, 4.69) is 21.6 Å². The lowest BCUT2D eigenvalue weighted by molar-refractivity contribution is -0.146. The van der Waals surface area contributed by atoms with Crippen LogP contribution in [0.2, 0.25) is 0 Å². The van der Waals surface area contributed by atoms with Crippen LogP contribution in [0.4, 0.5) is 0 Å². The quantitative estimate of drug-likeness (QED) is 0.145. The van der Waals surface area contributed by atoms with Crippen molar-refractivity contribution >= 4 is 35.3 Å². The molecule has 3 aliphatic carbocycles. The van der Waals surface area contributed by atoms with Crippen LogP contribution >= 0.6 is 0 Å². The second-order valence-electron chi connectivity index (χ2n) is 14.8. The molecule has 0 spiro atoms. The number of fused-ring (bicyclic) bond motifs is 1. The molecule has 9 nitrogen and oxygen atoms in total. The topological polar surface area (TPSA) is 130 Å². The summed E-state index contributed by atoms with van der Waals surface area (Å²) >= 11 is 0. The van der Waals surface area contributed by atoms with E-state index >= 15 is 0 Å². The van der Waals surface area contributed by atoms with Crippen molar-refractivity contribution in [2.45, 2.75) is 106 Å². The molecule has 0 aliphatic heterocycles. The van der Waals surface area contributed by atoms with Crippen molar-refractivity contribution in [1.29, 1.82) is 0 Å². The van der Waals surface area contributed by atoms with E-state index in [1.54, 1.807) is 0 Å². The van der Waals surface area contributed by atoms with Gasteiger partial charge >= 0.3 is 17.9 Å². The van der Waals surface area contributed by atoms with Gasteiger partial charge in [0.05, 0.1) is 40.6 Å². The van der Waals surface area contributed by atoms with Gasteiger partial charge in [0.15, 0.2) is 0 Å². The maximum atomic E-state index is 12.4. The second-order valence-corrected chi connectivity index (χ2v) is 14.8. The van der Waals surface area contributed by atoms with Gasteiger partial charge in [-0.1, -0.05) is 72.2 Å². The van der Waals surface area contributed by atoms with Gasteiger partial charge in [0.1, 0.15) is 17.3 Å². The standard InChI is InChI=1S/C17H22O3.C12H20O3.C11H18O3/c1-11(2)17(19)15(10-16(18)20-3)14-8-12-6-4-5-7-13(12)9-14;1-8(2)12(14)10(7-11(13)15-3)9-5-4-6-9;1-7(2)11(13)9(8-4-5-8)6-10(12)14-3/h4-7,11,14-15H,8-10H2,1-3H3;8-10H,4-7H2,1-3H3;7-9H,4-6H2,1-3H3. The maximum absolute atomic E-state index is 12.4. The summed E-state index contributed by atoms with van der Waals surface area (Å²) in [7, 11) is 4.12. The van der Waals surface area contributed by atoms with Crippen LogP contribution in [0.5, 0.6) is 0 Å². The van der Waals surface area contributed by atoms with Crippen LogP contribution in [-0.4, -0.2) is 56.6 Å². The Kier molecular flexibility index (Phi) is 17.4. The number of methoxy groups -OCH3 is 3. The molecule has 274 valence electrons. The smallest absolute Gasteiger partial charge is 0.306 e. The third-order valence-corrected chi connectivity index (χ3v) is 10.2. The third kappa shape index (κ3) is 13.1. The first-order valence-electron chi connectivity index (χ1n) is 18.0. The minimum absolute atomic E-state index is 0.0141. The molecule has 3 aliphatic rings. The Morgan fingerprint density at radius 3 is 1.08 bits per heavy atom. The van der Waals surface area contributed by atoms with Crippen LogP contribution < -0.4 is 0 Å². The zero-order valence-corrected chi connectivity index (χ0v) is 31.3.